The largest absolute Gasteiger partial charge is 0.274 e. The lowest BCUT2D eigenvalue weighted by atomic mass is 10.1. The fourth-order valence-corrected chi connectivity index (χ4v) is 2.61. The van der Waals surface area contributed by atoms with Crippen LogP contribution in [0.15, 0.2) is 17.5 Å². The number of aryl methyl sites for hydroxylation is 1. The number of benzene rings is 1. The van der Waals surface area contributed by atoms with E-state index < -0.39 is 4.92 Å². The Bertz CT molecular complexity index is 521. The van der Waals surface area contributed by atoms with E-state index >= 15 is 0 Å². The Morgan fingerprint density at radius 3 is 2.93 bits per heavy atom. The standard InChI is InChI=1S/C9H6ClNO2S/c1-5-6-2-3-14-9(6)7(10)4-8(5)11(12)13/h2-4H,1H3. The Labute approximate surface area is 89.1 Å². The molecule has 1 aromatic heterocycles. The molecule has 2 aromatic rings. The van der Waals surface area contributed by atoms with E-state index in [0.29, 0.717) is 10.6 Å². The molecule has 72 valence electrons. The molecule has 14 heavy (non-hydrogen) atoms. The second-order valence-corrected chi connectivity index (χ2v) is 4.25. The van der Waals surface area contributed by atoms with Gasteiger partial charge < -0.3 is 0 Å². The summed E-state index contributed by atoms with van der Waals surface area (Å²) in [5.41, 5.74) is 0.761. The molecule has 2 rings (SSSR count). The van der Waals surface area contributed by atoms with E-state index in [4.69, 9.17) is 11.6 Å². The van der Waals surface area contributed by atoms with Crippen LogP contribution in [-0.4, -0.2) is 4.92 Å². The van der Waals surface area contributed by atoms with E-state index in [1.54, 1.807) is 6.92 Å². The van der Waals surface area contributed by atoms with E-state index in [2.05, 4.69) is 0 Å². The van der Waals surface area contributed by atoms with Crippen LogP contribution >= 0.6 is 22.9 Å². The summed E-state index contributed by atoms with van der Waals surface area (Å²) in [5.74, 6) is 0. The molecule has 0 bridgehead atoms. The van der Waals surface area contributed by atoms with Gasteiger partial charge in [-0.25, -0.2) is 0 Å². The van der Waals surface area contributed by atoms with Crippen LogP contribution in [0.5, 0.6) is 0 Å². The van der Waals surface area contributed by atoms with E-state index in [0.717, 1.165) is 10.1 Å². The normalized spacial score (nSPS) is 10.7. The molecule has 0 radical (unpaired) electrons. The van der Waals surface area contributed by atoms with Crippen molar-refractivity contribution in [2.75, 3.05) is 0 Å². The Kier molecular flexibility index (Phi) is 2.17. The van der Waals surface area contributed by atoms with E-state index in [1.807, 2.05) is 11.4 Å². The van der Waals surface area contributed by atoms with Gasteiger partial charge in [0.2, 0.25) is 0 Å². The molecule has 0 atom stereocenters. The van der Waals surface area contributed by atoms with Crippen molar-refractivity contribution in [3.8, 4) is 0 Å². The second kappa shape index (κ2) is 3.22. The smallest absolute Gasteiger partial charge is 0.258 e. The summed E-state index contributed by atoms with van der Waals surface area (Å²) in [7, 11) is 0. The van der Waals surface area contributed by atoms with Crippen molar-refractivity contribution in [3.05, 3.63) is 38.2 Å². The molecule has 0 spiro atoms. The van der Waals surface area contributed by atoms with Crippen molar-refractivity contribution in [2.45, 2.75) is 6.92 Å². The van der Waals surface area contributed by atoms with Gasteiger partial charge in [-0.2, -0.15) is 0 Å². The van der Waals surface area contributed by atoms with Gasteiger partial charge in [0.15, 0.2) is 0 Å². The van der Waals surface area contributed by atoms with E-state index in [9.17, 15) is 10.1 Å². The average molecular weight is 228 g/mol. The van der Waals surface area contributed by atoms with Crippen LogP contribution in [0.1, 0.15) is 5.56 Å². The Morgan fingerprint density at radius 2 is 2.29 bits per heavy atom. The van der Waals surface area contributed by atoms with Gasteiger partial charge in [-0.3, -0.25) is 10.1 Å². The van der Waals surface area contributed by atoms with Crippen LogP contribution in [0.3, 0.4) is 0 Å². The van der Waals surface area contributed by atoms with E-state index in [-0.39, 0.29) is 5.69 Å². The van der Waals surface area contributed by atoms with Crippen LogP contribution in [0.2, 0.25) is 5.02 Å². The maximum atomic E-state index is 10.7. The summed E-state index contributed by atoms with van der Waals surface area (Å²) < 4.78 is 0.912. The first-order valence-corrected chi connectivity index (χ1v) is 5.17. The van der Waals surface area contributed by atoms with Crippen molar-refractivity contribution >= 4 is 38.7 Å². The third-order valence-corrected chi connectivity index (χ3v) is 3.49. The molecule has 1 aromatic carbocycles. The molecule has 5 heteroatoms. The molecular formula is C9H6ClNO2S. The van der Waals surface area contributed by atoms with Crippen LogP contribution < -0.4 is 0 Å². The molecule has 1 heterocycles. The molecule has 0 saturated carbocycles. The number of hydrogen-bond acceptors (Lipinski definition) is 3. The molecule has 0 amide bonds. The van der Waals surface area contributed by atoms with Gasteiger partial charge in [0.05, 0.1) is 14.6 Å². The fraction of sp³-hybridized carbons (Fsp3) is 0.111. The van der Waals surface area contributed by atoms with Crippen molar-refractivity contribution < 1.29 is 4.92 Å². The summed E-state index contributed by atoms with van der Waals surface area (Å²) in [4.78, 5) is 10.3. The average Bonchev–Trinajstić information content (AvgIpc) is 2.59. The van der Waals surface area contributed by atoms with Crippen molar-refractivity contribution in [3.63, 3.8) is 0 Å². The van der Waals surface area contributed by atoms with Crippen molar-refractivity contribution in [1.82, 2.24) is 0 Å². The Balaban J connectivity index is 2.88. The molecule has 0 N–H and O–H groups in total. The first-order valence-electron chi connectivity index (χ1n) is 3.92. The summed E-state index contributed by atoms with van der Waals surface area (Å²) in [5, 5.41) is 13.9. The minimum absolute atomic E-state index is 0.0842. The van der Waals surface area contributed by atoms with Crippen molar-refractivity contribution in [2.24, 2.45) is 0 Å². The zero-order valence-corrected chi connectivity index (χ0v) is 8.85. The van der Waals surface area contributed by atoms with Gasteiger partial charge in [-0.15, -0.1) is 11.3 Å². The Morgan fingerprint density at radius 1 is 1.57 bits per heavy atom. The maximum absolute atomic E-state index is 10.7. The highest BCUT2D eigenvalue weighted by Crippen LogP contribution is 2.36. The number of nitrogens with zero attached hydrogens (tertiary/aromatic N) is 1. The molecule has 0 saturated heterocycles. The van der Waals surface area contributed by atoms with Crippen LogP contribution in [0.25, 0.3) is 10.1 Å². The zero-order chi connectivity index (χ0) is 10.3. The lowest BCUT2D eigenvalue weighted by Gasteiger charge is -2.00. The second-order valence-electron chi connectivity index (χ2n) is 2.92. The minimum Gasteiger partial charge on any atom is -0.258 e. The third-order valence-electron chi connectivity index (χ3n) is 2.13. The minimum atomic E-state index is -0.404. The SMILES string of the molecule is Cc1c([N+](=O)[O-])cc(Cl)c2sccc12. The van der Waals surface area contributed by atoms with Gasteiger partial charge in [0, 0.05) is 17.0 Å². The monoisotopic (exact) mass is 227 g/mol. The highest BCUT2D eigenvalue weighted by molar-refractivity contribution is 7.17. The number of rotatable bonds is 1. The highest BCUT2D eigenvalue weighted by atomic mass is 35.5. The quantitative estimate of drug-likeness (QED) is 0.550. The summed E-state index contributed by atoms with van der Waals surface area (Å²) in [6.07, 6.45) is 0. The molecule has 3 nitrogen and oxygen atoms in total. The Hall–Kier alpha value is -1.13. The predicted octanol–water partition coefficient (Wildman–Crippen LogP) is 3.77. The molecular weight excluding hydrogens is 222 g/mol. The number of thiophene rings is 1. The number of nitro benzene ring substituents is 1. The van der Waals surface area contributed by atoms with Crippen LogP contribution in [-0.2, 0) is 0 Å². The van der Waals surface area contributed by atoms with Crippen LogP contribution in [0, 0.1) is 17.0 Å². The molecule has 0 aliphatic heterocycles. The number of halogens is 1. The first kappa shape index (κ1) is 9.43. The number of fused-ring (bicyclic) bond motifs is 1. The third kappa shape index (κ3) is 1.27. The maximum Gasteiger partial charge on any atom is 0.274 e. The van der Waals surface area contributed by atoms with Gasteiger partial charge in [0.25, 0.3) is 5.69 Å². The predicted molar refractivity (Wildman–Crippen MR) is 58.2 cm³/mol. The topological polar surface area (TPSA) is 43.1 Å². The fourth-order valence-electron chi connectivity index (χ4n) is 1.41. The molecule has 0 aliphatic rings. The van der Waals surface area contributed by atoms with Gasteiger partial charge in [-0.05, 0) is 18.4 Å². The first-order chi connectivity index (χ1) is 6.61. The lowest BCUT2D eigenvalue weighted by molar-refractivity contribution is -0.385. The molecule has 0 unspecified atom stereocenters. The zero-order valence-electron chi connectivity index (χ0n) is 7.28. The van der Waals surface area contributed by atoms with Gasteiger partial charge in [0.1, 0.15) is 0 Å². The number of nitro groups is 1. The van der Waals surface area contributed by atoms with Gasteiger partial charge >= 0.3 is 0 Å². The lowest BCUT2D eigenvalue weighted by Crippen LogP contribution is -1.91. The molecule has 0 fully saturated rings. The van der Waals surface area contributed by atoms with Crippen molar-refractivity contribution in [1.29, 1.82) is 0 Å². The van der Waals surface area contributed by atoms with Gasteiger partial charge in [-0.1, -0.05) is 11.6 Å². The summed E-state index contributed by atoms with van der Waals surface area (Å²) >= 11 is 7.42. The highest BCUT2D eigenvalue weighted by Gasteiger charge is 2.16. The summed E-state index contributed by atoms with van der Waals surface area (Å²) in [6, 6.07) is 3.27. The molecule has 0 aliphatic carbocycles. The summed E-state index contributed by atoms with van der Waals surface area (Å²) in [6.45, 7) is 1.74. The van der Waals surface area contributed by atoms with Crippen LogP contribution in [0.4, 0.5) is 5.69 Å². The number of hydrogen-bond donors (Lipinski definition) is 0. The van der Waals surface area contributed by atoms with E-state index in [1.165, 1.54) is 17.4 Å².